The minimum atomic E-state index is -4.99. The molecule has 0 spiro atoms. The van der Waals surface area contributed by atoms with Crippen molar-refractivity contribution in [3.8, 4) is 51.7 Å². The van der Waals surface area contributed by atoms with Crippen LogP contribution in [0, 0.1) is 0 Å². The van der Waals surface area contributed by atoms with Crippen molar-refractivity contribution in [3.63, 3.8) is 0 Å². The van der Waals surface area contributed by atoms with E-state index in [1.807, 2.05) is 0 Å². The summed E-state index contributed by atoms with van der Waals surface area (Å²) in [4.78, 5) is 45.4. The second-order valence-electron chi connectivity index (χ2n) is 10.5. The van der Waals surface area contributed by atoms with Gasteiger partial charge in [-0.3, -0.25) is 0 Å². The standard InChI is InChI=1S/C33H39BrNO13P/c1-39-19-12-22(42-4)31(23(13-19)43-5)49(34,18-30(38)48-35-28(36)10-11-29(35)37,32-24(44-6)14-20(40-2)15-25(32)45-7)33-26(46-8)16-21(41-3)17-27(33)47-9/h12-17H,10-11,18H2,1-9H3. The quantitative estimate of drug-likeness (QED) is 0.164. The molecule has 1 saturated heterocycles. The van der Waals surface area contributed by atoms with Crippen molar-refractivity contribution in [2.45, 2.75) is 12.8 Å². The van der Waals surface area contributed by atoms with Gasteiger partial charge < -0.3 is 0 Å². The van der Waals surface area contributed by atoms with Crippen LogP contribution in [0.2, 0.25) is 0 Å². The summed E-state index contributed by atoms with van der Waals surface area (Å²) in [6, 6.07) is 9.69. The van der Waals surface area contributed by atoms with E-state index >= 15 is 0 Å². The van der Waals surface area contributed by atoms with Crippen LogP contribution in [-0.4, -0.2) is 93.0 Å². The number of nitrogens with zero attached hydrogens (tertiary/aromatic N) is 1. The molecule has 3 aromatic carbocycles. The number of carbonyl (C=O) groups is 3. The van der Waals surface area contributed by atoms with Gasteiger partial charge >= 0.3 is 293 Å². The summed E-state index contributed by atoms with van der Waals surface area (Å²) in [5.41, 5.74) is 0. The van der Waals surface area contributed by atoms with Crippen LogP contribution in [-0.2, 0) is 19.2 Å². The number of halogens is 1. The number of benzene rings is 3. The molecule has 0 saturated carbocycles. The van der Waals surface area contributed by atoms with Gasteiger partial charge in [0.15, 0.2) is 0 Å². The molecule has 0 atom stereocenters. The molecule has 3 aromatic rings. The Morgan fingerprint density at radius 1 is 0.551 bits per heavy atom. The Kier molecular flexibility index (Phi) is 11.3. The first-order valence-electron chi connectivity index (χ1n) is 14.6. The number of rotatable bonds is 15. The maximum absolute atomic E-state index is 14.5. The van der Waals surface area contributed by atoms with E-state index in [9.17, 15) is 14.4 Å². The molecule has 0 unspecified atom stereocenters. The average molecular weight is 769 g/mol. The Morgan fingerprint density at radius 2 is 0.816 bits per heavy atom. The predicted molar refractivity (Wildman–Crippen MR) is 185 cm³/mol. The number of hydroxylamine groups is 2. The average Bonchev–Trinajstić information content (AvgIpc) is 3.44. The van der Waals surface area contributed by atoms with Gasteiger partial charge in [-0.2, -0.15) is 0 Å². The Bertz CT molecular complexity index is 1520. The van der Waals surface area contributed by atoms with Crippen molar-refractivity contribution in [2.75, 3.05) is 70.2 Å². The van der Waals surface area contributed by atoms with Crippen molar-refractivity contribution in [3.05, 3.63) is 36.4 Å². The summed E-state index contributed by atoms with van der Waals surface area (Å²) in [7, 11) is 13.1. The fourth-order valence-electron chi connectivity index (χ4n) is 5.94. The first kappa shape index (κ1) is 37.2. The van der Waals surface area contributed by atoms with E-state index in [4.69, 9.17) is 47.5 Å². The van der Waals surface area contributed by atoms with Crippen molar-refractivity contribution in [2.24, 2.45) is 0 Å². The third-order valence-corrected chi connectivity index (χ3v) is 17.0. The molecule has 1 aliphatic rings. The number of methoxy groups -OCH3 is 9. The van der Waals surface area contributed by atoms with Gasteiger partial charge in [0, 0.05) is 0 Å². The zero-order valence-corrected chi connectivity index (χ0v) is 31.1. The molecule has 14 nitrogen and oxygen atoms in total. The van der Waals surface area contributed by atoms with Gasteiger partial charge in [-0.25, -0.2) is 0 Å². The molecule has 1 heterocycles. The van der Waals surface area contributed by atoms with E-state index in [1.54, 1.807) is 36.4 Å². The summed E-state index contributed by atoms with van der Waals surface area (Å²) >= 11 is 4.23. The predicted octanol–water partition coefficient (Wildman–Crippen LogP) is 3.51. The molecule has 1 aliphatic heterocycles. The van der Waals surface area contributed by atoms with Crippen molar-refractivity contribution in [1.29, 1.82) is 0 Å². The zero-order chi connectivity index (χ0) is 36.1. The van der Waals surface area contributed by atoms with Crippen LogP contribution in [0.5, 0.6) is 51.7 Å². The maximum atomic E-state index is 14.5. The van der Waals surface area contributed by atoms with Crippen LogP contribution < -0.4 is 58.5 Å². The van der Waals surface area contributed by atoms with Crippen LogP contribution >= 0.6 is 20.8 Å². The van der Waals surface area contributed by atoms with Gasteiger partial charge in [0.25, 0.3) is 0 Å². The molecule has 2 amide bonds. The molecule has 266 valence electrons. The van der Waals surface area contributed by atoms with E-state index in [2.05, 4.69) is 15.5 Å². The molecular formula is C33H39BrNO13P. The first-order valence-corrected chi connectivity index (χ1v) is 19.1. The molecule has 0 bridgehead atoms. The van der Waals surface area contributed by atoms with Crippen LogP contribution in [0.15, 0.2) is 36.4 Å². The van der Waals surface area contributed by atoms with Gasteiger partial charge in [0.05, 0.1) is 0 Å². The van der Waals surface area contributed by atoms with E-state index in [1.165, 1.54) is 64.0 Å². The Balaban J connectivity index is 2.39. The molecule has 0 aliphatic carbocycles. The van der Waals surface area contributed by atoms with Crippen LogP contribution in [0.25, 0.3) is 0 Å². The Hall–Kier alpha value is -4.62. The number of carbonyl (C=O) groups excluding carboxylic acids is 3. The number of ether oxygens (including phenoxy) is 9. The van der Waals surface area contributed by atoms with Gasteiger partial charge in [-0.05, 0) is 0 Å². The summed E-state index contributed by atoms with van der Waals surface area (Å²) in [5, 5.41) is -3.65. The molecule has 0 radical (unpaired) electrons. The molecule has 0 N–H and O–H groups in total. The minimum absolute atomic E-state index is 0.107. The van der Waals surface area contributed by atoms with E-state index in [0.29, 0.717) is 22.3 Å². The monoisotopic (exact) mass is 767 g/mol. The van der Waals surface area contributed by atoms with Gasteiger partial charge in [-0.15, -0.1) is 0 Å². The topological polar surface area (TPSA) is 147 Å². The van der Waals surface area contributed by atoms with E-state index < -0.39 is 29.3 Å². The van der Waals surface area contributed by atoms with Crippen molar-refractivity contribution < 1.29 is 61.9 Å². The Labute approximate surface area is 291 Å². The molecule has 4 rings (SSSR count). The SMILES string of the molecule is COc1cc(OC)c(P(Br)(CC(=O)ON2C(=O)CCC2=O)(c2c(OC)cc(OC)cc2OC)c2c(OC)cc(OC)cc2OC)c(OC)c1. The molecular weight excluding hydrogens is 729 g/mol. The van der Waals surface area contributed by atoms with Crippen LogP contribution in [0.1, 0.15) is 12.8 Å². The summed E-state index contributed by atoms with van der Waals surface area (Å²) < 4.78 is 53.0. The van der Waals surface area contributed by atoms with Gasteiger partial charge in [-0.1, -0.05) is 0 Å². The zero-order valence-electron chi connectivity index (χ0n) is 28.7. The number of hydrogen-bond donors (Lipinski definition) is 0. The third kappa shape index (κ3) is 6.32. The summed E-state index contributed by atoms with van der Waals surface area (Å²) in [5.74, 6) is 0.00170. The summed E-state index contributed by atoms with van der Waals surface area (Å²) in [6.45, 7) is 0. The van der Waals surface area contributed by atoms with Crippen LogP contribution in [0.4, 0.5) is 0 Å². The number of amides is 2. The molecule has 49 heavy (non-hydrogen) atoms. The van der Waals surface area contributed by atoms with Crippen molar-refractivity contribution >= 4 is 54.5 Å². The van der Waals surface area contributed by atoms with E-state index in [0.717, 1.165) is 0 Å². The number of hydrogen-bond acceptors (Lipinski definition) is 13. The fourth-order valence-corrected chi connectivity index (χ4v) is 15.1. The molecule has 16 heteroatoms. The van der Waals surface area contributed by atoms with E-state index in [-0.39, 0.29) is 63.3 Å². The molecule has 1 fully saturated rings. The van der Waals surface area contributed by atoms with Gasteiger partial charge in [0.1, 0.15) is 0 Å². The second-order valence-corrected chi connectivity index (χ2v) is 19.2. The Morgan fingerprint density at radius 3 is 1.04 bits per heavy atom. The van der Waals surface area contributed by atoms with Gasteiger partial charge in [0.2, 0.25) is 0 Å². The normalized spacial score (nSPS) is 13.6. The fraction of sp³-hybridized carbons (Fsp3) is 0.364. The molecule has 0 aromatic heterocycles. The first-order chi connectivity index (χ1) is 23.4. The summed E-state index contributed by atoms with van der Waals surface area (Å²) in [6.07, 6.45) is -0.825. The number of imide groups is 1. The second kappa shape index (κ2) is 14.9. The van der Waals surface area contributed by atoms with Crippen LogP contribution in [0.3, 0.4) is 0 Å². The van der Waals surface area contributed by atoms with Crippen molar-refractivity contribution in [1.82, 2.24) is 5.06 Å². The third-order valence-electron chi connectivity index (χ3n) is 8.09.